The Balaban J connectivity index is 2.17. The summed E-state index contributed by atoms with van der Waals surface area (Å²) in [5.74, 6) is 2.98. The summed E-state index contributed by atoms with van der Waals surface area (Å²) in [4.78, 5) is 4.45. The maximum Gasteiger partial charge on any atom is 0.148 e. The largest absolute Gasteiger partial charge is 0.479 e. The van der Waals surface area contributed by atoms with Crippen LogP contribution in [-0.4, -0.2) is 12.8 Å². The van der Waals surface area contributed by atoms with Crippen LogP contribution in [0.15, 0.2) is 47.5 Å². The van der Waals surface area contributed by atoms with Gasteiger partial charge in [-0.05, 0) is 42.3 Å². The number of halogens is 1. The van der Waals surface area contributed by atoms with E-state index in [2.05, 4.69) is 10.9 Å². The molecular weight excluding hydrogens is 270 g/mol. The Hall–Kier alpha value is -2.24. The van der Waals surface area contributed by atoms with Gasteiger partial charge in [0.05, 0.1) is 10.7 Å². The average Bonchev–Trinajstić information content (AvgIpc) is 2.45. The van der Waals surface area contributed by atoms with E-state index < -0.39 is 0 Å². The number of ether oxygens (including phenoxy) is 1. The van der Waals surface area contributed by atoms with Gasteiger partial charge in [-0.2, -0.15) is 0 Å². The minimum absolute atomic E-state index is 0.205. The van der Waals surface area contributed by atoms with Gasteiger partial charge in [0.1, 0.15) is 12.4 Å². The third-order valence-electron chi connectivity index (χ3n) is 2.74. The van der Waals surface area contributed by atoms with Crippen LogP contribution in [0.5, 0.6) is 5.75 Å². The van der Waals surface area contributed by atoms with Crippen LogP contribution in [0.2, 0.25) is 5.02 Å². The van der Waals surface area contributed by atoms with E-state index in [0.717, 1.165) is 16.8 Å². The summed E-state index contributed by atoms with van der Waals surface area (Å²) in [6.45, 7) is 2.23. The molecular formula is C17H14ClNO. The normalized spacial score (nSPS) is 10.4. The van der Waals surface area contributed by atoms with Crippen LogP contribution in [0.25, 0.3) is 0 Å². The summed E-state index contributed by atoms with van der Waals surface area (Å²) in [7, 11) is 0. The van der Waals surface area contributed by atoms with Crippen LogP contribution in [0.3, 0.4) is 0 Å². The van der Waals surface area contributed by atoms with Gasteiger partial charge in [0.15, 0.2) is 0 Å². The molecule has 0 atom stereocenters. The molecule has 0 bridgehead atoms. The molecule has 2 aromatic rings. The topological polar surface area (TPSA) is 21.6 Å². The molecule has 0 amide bonds. The molecule has 0 aliphatic carbocycles. The first-order valence-electron chi connectivity index (χ1n) is 6.16. The highest BCUT2D eigenvalue weighted by Crippen LogP contribution is 2.25. The van der Waals surface area contributed by atoms with Crippen molar-refractivity contribution in [1.29, 1.82) is 0 Å². The molecule has 0 saturated carbocycles. The number of aliphatic imine (C=N–C) groups is 1. The van der Waals surface area contributed by atoms with E-state index >= 15 is 0 Å². The van der Waals surface area contributed by atoms with Gasteiger partial charge in [-0.15, -0.1) is 6.42 Å². The van der Waals surface area contributed by atoms with Crippen LogP contribution >= 0.6 is 11.6 Å². The predicted molar refractivity (Wildman–Crippen MR) is 84.2 cm³/mol. The number of aryl methyl sites for hydroxylation is 1. The van der Waals surface area contributed by atoms with E-state index in [1.54, 1.807) is 18.3 Å². The molecule has 2 nitrogen and oxygen atoms in total. The Labute approximate surface area is 124 Å². The van der Waals surface area contributed by atoms with Crippen LogP contribution < -0.4 is 4.74 Å². The number of para-hydroxylation sites is 1. The van der Waals surface area contributed by atoms with Gasteiger partial charge < -0.3 is 4.74 Å². The van der Waals surface area contributed by atoms with Crippen molar-refractivity contribution in [1.82, 2.24) is 0 Å². The van der Waals surface area contributed by atoms with E-state index in [9.17, 15) is 0 Å². The molecule has 0 fully saturated rings. The lowest BCUT2D eigenvalue weighted by molar-refractivity contribution is 0.370. The number of benzene rings is 2. The van der Waals surface area contributed by atoms with Gasteiger partial charge in [0, 0.05) is 6.21 Å². The maximum atomic E-state index is 6.12. The summed E-state index contributed by atoms with van der Waals surface area (Å²) < 4.78 is 5.31. The molecule has 0 aliphatic rings. The molecule has 2 rings (SSSR count). The molecule has 0 unspecified atom stereocenters. The minimum Gasteiger partial charge on any atom is -0.479 e. The molecule has 0 aromatic heterocycles. The third-order valence-corrected chi connectivity index (χ3v) is 3.03. The van der Waals surface area contributed by atoms with E-state index in [1.165, 1.54) is 0 Å². The summed E-state index contributed by atoms with van der Waals surface area (Å²) in [5.41, 5.74) is 2.98. The highest BCUT2D eigenvalue weighted by atomic mass is 35.5. The van der Waals surface area contributed by atoms with Gasteiger partial charge in [0.25, 0.3) is 0 Å². The molecule has 0 heterocycles. The van der Waals surface area contributed by atoms with Crippen molar-refractivity contribution in [3.63, 3.8) is 0 Å². The van der Waals surface area contributed by atoms with Crippen LogP contribution in [0, 0.1) is 19.3 Å². The SMILES string of the molecule is C#CCOc1ccc(C=Nc2ccccc2C)cc1Cl. The smallest absolute Gasteiger partial charge is 0.148 e. The van der Waals surface area contributed by atoms with Crippen molar-refractivity contribution >= 4 is 23.5 Å². The number of hydrogen-bond acceptors (Lipinski definition) is 2. The Kier molecular flexibility index (Phi) is 4.81. The van der Waals surface area contributed by atoms with Crippen molar-refractivity contribution in [2.24, 2.45) is 4.99 Å². The molecule has 0 aliphatic heterocycles. The number of nitrogens with zero attached hydrogens (tertiary/aromatic N) is 1. The molecule has 0 radical (unpaired) electrons. The fourth-order valence-corrected chi connectivity index (χ4v) is 1.93. The second-order valence-corrected chi connectivity index (χ2v) is 4.63. The maximum absolute atomic E-state index is 6.12. The number of terminal acetylenes is 1. The van der Waals surface area contributed by atoms with E-state index in [4.69, 9.17) is 22.8 Å². The monoisotopic (exact) mass is 283 g/mol. The Bertz CT molecular complexity index is 671. The lowest BCUT2D eigenvalue weighted by Crippen LogP contribution is -1.94. The average molecular weight is 284 g/mol. The molecule has 0 spiro atoms. The Morgan fingerprint density at radius 3 is 2.80 bits per heavy atom. The lowest BCUT2D eigenvalue weighted by atomic mass is 10.2. The summed E-state index contributed by atoms with van der Waals surface area (Å²) in [6.07, 6.45) is 6.92. The van der Waals surface area contributed by atoms with Crippen molar-refractivity contribution in [3.05, 3.63) is 58.6 Å². The molecule has 2 aromatic carbocycles. The first-order valence-corrected chi connectivity index (χ1v) is 6.54. The molecule has 20 heavy (non-hydrogen) atoms. The zero-order chi connectivity index (χ0) is 14.4. The van der Waals surface area contributed by atoms with Crippen molar-refractivity contribution in [3.8, 4) is 18.1 Å². The van der Waals surface area contributed by atoms with E-state index in [-0.39, 0.29) is 6.61 Å². The van der Waals surface area contributed by atoms with Gasteiger partial charge in [-0.25, -0.2) is 0 Å². The van der Waals surface area contributed by atoms with Gasteiger partial charge in [-0.1, -0.05) is 35.7 Å². The first kappa shape index (κ1) is 14.2. The molecule has 0 N–H and O–H groups in total. The summed E-state index contributed by atoms with van der Waals surface area (Å²) in [5, 5.41) is 0.522. The van der Waals surface area contributed by atoms with Gasteiger partial charge >= 0.3 is 0 Å². The van der Waals surface area contributed by atoms with Crippen LogP contribution in [0.1, 0.15) is 11.1 Å². The second kappa shape index (κ2) is 6.79. The van der Waals surface area contributed by atoms with Crippen molar-refractivity contribution < 1.29 is 4.74 Å². The fraction of sp³-hybridized carbons (Fsp3) is 0.118. The first-order chi connectivity index (χ1) is 9.70. The Morgan fingerprint density at radius 2 is 2.10 bits per heavy atom. The van der Waals surface area contributed by atoms with Crippen LogP contribution in [0.4, 0.5) is 5.69 Å². The highest BCUT2D eigenvalue weighted by molar-refractivity contribution is 6.32. The zero-order valence-electron chi connectivity index (χ0n) is 11.1. The third kappa shape index (κ3) is 3.63. The minimum atomic E-state index is 0.205. The van der Waals surface area contributed by atoms with E-state index in [1.807, 2.05) is 37.3 Å². The molecule has 100 valence electrons. The molecule has 0 saturated heterocycles. The Morgan fingerprint density at radius 1 is 1.30 bits per heavy atom. The second-order valence-electron chi connectivity index (χ2n) is 4.23. The molecule has 3 heteroatoms. The van der Waals surface area contributed by atoms with E-state index in [0.29, 0.717) is 10.8 Å². The van der Waals surface area contributed by atoms with Crippen molar-refractivity contribution in [2.45, 2.75) is 6.92 Å². The predicted octanol–water partition coefficient (Wildman–Crippen LogP) is 4.41. The summed E-state index contributed by atoms with van der Waals surface area (Å²) in [6, 6.07) is 13.4. The standard InChI is InChI=1S/C17H14ClNO/c1-3-10-20-17-9-8-14(11-15(17)18)12-19-16-7-5-4-6-13(16)2/h1,4-9,11-12H,10H2,2H3. The van der Waals surface area contributed by atoms with Crippen molar-refractivity contribution in [2.75, 3.05) is 6.61 Å². The number of rotatable bonds is 4. The van der Waals surface area contributed by atoms with Gasteiger partial charge in [-0.3, -0.25) is 4.99 Å². The lowest BCUT2D eigenvalue weighted by Gasteiger charge is -2.05. The van der Waals surface area contributed by atoms with Gasteiger partial charge in [0.2, 0.25) is 0 Å². The number of hydrogen-bond donors (Lipinski definition) is 0. The van der Waals surface area contributed by atoms with Crippen LogP contribution in [-0.2, 0) is 0 Å². The summed E-state index contributed by atoms with van der Waals surface area (Å²) >= 11 is 6.12. The quantitative estimate of drug-likeness (QED) is 0.601. The highest BCUT2D eigenvalue weighted by Gasteiger charge is 2.01. The zero-order valence-corrected chi connectivity index (χ0v) is 11.9. The fourth-order valence-electron chi connectivity index (χ4n) is 1.69.